The molecule has 0 amide bonds. The van der Waals surface area contributed by atoms with Crippen LogP contribution in [0, 0.1) is 17.6 Å². The second-order valence-electron chi connectivity index (χ2n) is 4.24. The molecular weight excluding hydrogens is 244 g/mol. The highest BCUT2D eigenvalue weighted by Crippen LogP contribution is 2.33. The number of halogens is 2. The number of rotatable bonds is 3. The van der Waals surface area contributed by atoms with Gasteiger partial charge in [0.05, 0.1) is 13.0 Å². The van der Waals surface area contributed by atoms with Crippen LogP contribution >= 0.6 is 0 Å². The summed E-state index contributed by atoms with van der Waals surface area (Å²) >= 11 is 0. The number of carboxylic acid groups (broad SMARTS) is 1. The monoisotopic (exact) mass is 257 g/mol. The lowest BCUT2D eigenvalue weighted by atomic mass is 9.99. The Morgan fingerprint density at radius 3 is 2.78 bits per heavy atom. The van der Waals surface area contributed by atoms with Gasteiger partial charge in [-0.15, -0.1) is 0 Å². The zero-order chi connectivity index (χ0) is 13.3. The van der Waals surface area contributed by atoms with Crippen LogP contribution < -0.4 is 10.1 Å². The van der Waals surface area contributed by atoms with Gasteiger partial charge < -0.3 is 15.2 Å². The topological polar surface area (TPSA) is 58.6 Å². The fourth-order valence-electron chi connectivity index (χ4n) is 2.15. The summed E-state index contributed by atoms with van der Waals surface area (Å²) in [6.45, 7) is 0.248. The van der Waals surface area contributed by atoms with E-state index in [0.29, 0.717) is 0 Å². The Morgan fingerprint density at radius 2 is 2.22 bits per heavy atom. The number of carboxylic acids is 1. The first-order chi connectivity index (χ1) is 8.52. The highest BCUT2D eigenvalue weighted by atomic mass is 19.1. The van der Waals surface area contributed by atoms with Crippen molar-refractivity contribution in [3.63, 3.8) is 0 Å². The third kappa shape index (κ3) is 2.28. The van der Waals surface area contributed by atoms with Crippen LogP contribution in [0.2, 0.25) is 0 Å². The minimum atomic E-state index is -0.936. The summed E-state index contributed by atoms with van der Waals surface area (Å²) in [5, 5.41) is 11.8. The molecule has 1 saturated heterocycles. The molecule has 4 nitrogen and oxygen atoms in total. The third-order valence-electron chi connectivity index (χ3n) is 3.11. The van der Waals surface area contributed by atoms with Gasteiger partial charge in [-0.2, -0.15) is 0 Å². The first-order valence-electron chi connectivity index (χ1n) is 5.52. The molecular formula is C12H13F2NO3. The largest absolute Gasteiger partial charge is 0.494 e. The van der Waals surface area contributed by atoms with Crippen molar-refractivity contribution in [2.45, 2.75) is 12.5 Å². The molecule has 0 spiro atoms. The summed E-state index contributed by atoms with van der Waals surface area (Å²) in [6, 6.07) is 1.53. The number of ether oxygens (including phenoxy) is 1. The van der Waals surface area contributed by atoms with Crippen molar-refractivity contribution in [2.24, 2.45) is 5.92 Å². The van der Waals surface area contributed by atoms with Gasteiger partial charge in [-0.3, -0.25) is 4.79 Å². The molecule has 1 heterocycles. The van der Waals surface area contributed by atoms with Crippen molar-refractivity contribution >= 4 is 5.97 Å². The van der Waals surface area contributed by atoms with Gasteiger partial charge in [0.25, 0.3) is 0 Å². The Hall–Kier alpha value is -1.69. The standard InChI is InChI=1S/C12H13F2NO3/c1-18-10-4-7(13)3-8(11(10)14)9-2-6(5-15-9)12(16)17/h3-4,6,9,15H,2,5H2,1H3,(H,16,17). The minimum absolute atomic E-state index is 0.107. The van der Waals surface area contributed by atoms with Crippen molar-refractivity contribution < 1.29 is 23.4 Å². The van der Waals surface area contributed by atoms with Crippen LogP contribution in [0.5, 0.6) is 5.75 Å². The second-order valence-corrected chi connectivity index (χ2v) is 4.24. The fourth-order valence-corrected chi connectivity index (χ4v) is 2.15. The van der Waals surface area contributed by atoms with E-state index in [9.17, 15) is 13.6 Å². The highest BCUT2D eigenvalue weighted by Gasteiger charge is 2.32. The summed E-state index contributed by atoms with van der Waals surface area (Å²) < 4.78 is 32.0. The Bertz CT molecular complexity index is 479. The molecule has 1 aromatic rings. The Balaban J connectivity index is 2.29. The second kappa shape index (κ2) is 4.89. The average Bonchev–Trinajstić information content (AvgIpc) is 2.81. The van der Waals surface area contributed by atoms with Crippen molar-refractivity contribution in [3.05, 3.63) is 29.3 Å². The van der Waals surface area contributed by atoms with Crippen LogP contribution in [0.25, 0.3) is 0 Å². The molecule has 0 aliphatic carbocycles. The van der Waals surface area contributed by atoms with Gasteiger partial charge in [-0.05, 0) is 12.5 Å². The lowest BCUT2D eigenvalue weighted by Gasteiger charge is -2.14. The molecule has 2 rings (SSSR count). The van der Waals surface area contributed by atoms with Gasteiger partial charge in [0, 0.05) is 24.2 Å². The summed E-state index contributed by atoms with van der Waals surface area (Å²) in [5.41, 5.74) is 0.107. The van der Waals surface area contributed by atoms with Gasteiger partial charge >= 0.3 is 5.97 Å². The Labute approximate surface area is 103 Å². The molecule has 18 heavy (non-hydrogen) atoms. The zero-order valence-corrected chi connectivity index (χ0v) is 9.74. The average molecular weight is 257 g/mol. The predicted molar refractivity (Wildman–Crippen MR) is 59.4 cm³/mol. The molecule has 1 fully saturated rings. The number of hydrogen-bond donors (Lipinski definition) is 2. The van der Waals surface area contributed by atoms with E-state index in [1.807, 2.05) is 0 Å². The lowest BCUT2D eigenvalue weighted by molar-refractivity contribution is -0.141. The first-order valence-corrected chi connectivity index (χ1v) is 5.52. The maximum atomic E-state index is 14.0. The summed E-state index contributed by atoms with van der Waals surface area (Å²) in [7, 11) is 1.25. The lowest BCUT2D eigenvalue weighted by Crippen LogP contribution is -2.18. The molecule has 6 heteroatoms. The Morgan fingerprint density at radius 1 is 1.50 bits per heavy atom. The number of carbonyl (C=O) groups is 1. The minimum Gasteiger partial charge on any atom is -0.494 e. The van der Waals surface area contributed by atoms with E-state index in [2.05, 4.69) is 5.32 Å². The molecule has 98 valence electrons. The first kappa shape index (κ1) is 12.8. The van der Waals surface area contributed by atoms with Crippen LogP contribution in [0.15, 0.2) is 12.1 Å². The van der Waals surface area contributed by atoms with Gasteiger partial charge in [-0.1, -0.05) is 0 Å². The van der Waals surface area contributed by atoms with E-state index in [1.54, 1.807) is 0 Å². The number of nitrogens with one attached hydrogen (secondary N) is 1. The van der Waals surface area contributed by atoms with E-state index >= 15 is 0 Å². The van der Waals surface area contributed by atoms with Crippen LogP contribution in [-0.4, -0.2) is 24.7 Å². The molecule has 1 aromatic carbocycles. The van der Waals surface area contributed by atoms with Gasteiger partial charge in [-0.25, -0.2) is 8.78 Å². The molecule has 0 saturated carbocycles. The Kier molecular flexibility index (Phi) is 3.47. The fraction of sp³-hybridized carbons (Fsp3) is 0.417. The summed E-state index contributed by atoms with van der Waals surface area (Å²) in [5.74, 6) is -2.95. The van der Waals surface area contributed by atoms with E-state index in [1.165, 1.54) is 7.11 Å². The molecule has 1 aliphatic rings. The van der Waals surface area contributed by atoms with Crippen LogP contribution in [0.4, 0.5) is 8.78 Å². The van der Waals surface area contributed by atoms with Gasteiger partial charge in [0.1, 0.15) is 5.82 Å². The summed E-state index contributed by atoms with van der Waals surface area (Å²) in [6.07, 6.45) is 0.235. The van der Waals surface area contributed by atoms with Crippen LogP contribution in [0.1, 0.15) is 18.0 Å². The predicted octanol–water partition coefficient (Wildman–Crippen LogP) is 1.71. The van der Waals surface area contributed by atoms with E-state index < -0.39 is 29.6 Å². The summed E-state index contributed by atoms with van der Waals surface area (Å²) in [4.78, 5) is 10.8. The quantitative estimate of drug-likeness (QED) is 0.865. The molecule has 0 radical (unpaired) electrons. The van der Waals surface area contributed by atoms with Crippen LogP contribution in [0.3, 0.4) is 0 Å². The SMILES string of the molecule is COc1cc(F)cc(C2CC(C(=O)O)CN2)c1F. The molecule has 2 atom stereocenters. The van der Waals surface area contributed by atoms with Crippen molar-refractivity contribution in [2.75, 3.05) is 13.7 Å². The van der Waals surface area contributed by atoms with E-state index in [0.717, 1.165) is 12.1 Å². The van der Waals surface area contributed by atoms with Crippen LogP contribution in [-0.2, 0) is 4.79 Å². The third-order valence-corrected chi connectivity index (χ3v) is 3.11. The maximum absolute atomic E-state index is 14.0. The molecule has 0 aromatic heterocycles. The maximum Gasteiger partial charge on any atom is 0.307 e. The van der Waals surface area contributed by atoms with Crippen molar-refractivity contribution in [1.29, 1.82) is 0 Å². The van der Waals surface area contributed by atoms with Crippen molar-refractivity contribution in [3.8, 4) is 5.75 Å². The highest BCUT2D eigenvalue weighted by molar-refractivity contribution is 5.70. The molecule has 2 N–H and O–H groups in total. The number of benzene rings is 1. The molecule has 2 unspecified atom stereocenters. The van der Waals surface area contributed by atoms with Gasteiger partial charge in [0.15, 0.2) is 11.6 Å². The number of hydrogen-bond acceptors (Lipinski definition) is 3. The van der Waals surface area contributed by atoms with E-state index in [-0.39, 0.29) is 24.3 Å². The zero-order valence-electron chi connectivity index (χ0n) is 9.74. The molecule has 1 aliphatic heterocycles. The normalized spacial score (nSPS) is 23.1. The van der Waals surface area contributed by atoms with Crippen molar-refractivity contribution in [1.82, 2.24) is 5.32 Å². The number of aliphatic carboxylic acids is 1. The molecule has 0 bridgehead atoms. The van der Waals surface area contributed by atoms with Gasteiger partial charge in [0.2, 0.25) is 0 Å². The van der Waals surface area contributed by atoms with E-state index in [4.69, 9.17) is 9.84 Å². The number of methoxy groups -OCH3 is 1. The smallest absolute Gasteiger partial charge is 0.307 e.